The molecule has 7 heteroatoms. The van der Waals surface area contributed by atoms with E-state index in [9.17, 15) is 9.59 Å². The summed E-state index contributed by atoms with van der Waals surface area (Å²) in [5.74, 6) is -0.257. The van der Waals surface area contributed by atoms with Gasteiger partial charge in [-0.3, -0.25) is 4.79 Å². The third-order valence-electron chi connectivity index (χ3n) is 4.05. The molecule has 6 nitrogen and oxygen atoms in total. The van der Waals surface area contributed by atoms with Crippen molar-refractivity contribution in [3.63, 3.8) is 0 Å². The standard InChI is InChI=1S/C22H22N2O4S/c1-4-27-18-12-10-17(11-13-18)24-21(25)14(2)28-22(26)20-19(23-15(3)29-20)16-8-6-5-7-9-16/h5-14H,4H2,1-3H3,(H,24,25)/t14-/m0/s1. The van der Waals surface area contributed by atoms with E-state index in [1.54, 1.807) is 24.3 Å². The van der Waals surface area contributed by atoms with Gasteiger partial charge in [0.2, 0.25) is 0 Å². The van der Waals surface area contributed by atoms with Crippen LogP contribution in [0.25, 0.3) is 11.3 Å². The minimum Gasteiger partial charge on any atom is -0.494 e. The van der Waals surface area contributed by atoms with E-state index in [0.717, 1.165) is 16.3 Å². The van der Waals surface area contributed by atoms with Crippen molar-refractivity contribution < 1.29 is 19.1 Å². The van der Waals surface area contributed by atoms with Crippen LogP contribution in [-0.4, -0.2) is 29.6 Å². The Bertz CT molecular complexity index is 984. The zero-order valence-corrected chi connectivity index (χ0v) is 17.3. The van der Waals surface area contributed by atoms with E-state index >= 15 is 0 Å². The van der Waals surface area contributed by atoms with Gasteiger partial charge in [-0.05, 0) is 45.0 Å². The average Bonchev–Trinajstić information content (AvgIpc) is 3.12. The number of anilines is 1. The first-order chi connectivity index (χ1) is 14.0. The predicted molar refractivity (Wildman–Crippen MR) is 113 cm³/mol. The van der Waals surface area contributed by atoms with Gasteiger partial charge in [-0.1, -0.05) is 30.3 Å². The molecule has 0 aliphatic heterocycles. The lowest BCUT2D eigenvalue weighted by atomic mass is 10.1. The number of ether oxygens (including phenoxy) is 2. The number of rotatable bonds is 7. The number of amides is 1. The zero-order chi connectivity index (χ0) is 20.8. The van der Waals surface area contributed by atoms with Crippen molar-refractivity contribution in [3.05, 3.63) is 64.5 Å². The Labute approximate surface area is 173 Å². The van der Waals surface area contributed by atoms with Gasteiger partial charge in [-0.2, -0.15) is 0 Å². The van der Waals surface area contributed by atoms with Crippen LogP contribution in [0.4, 0.5) is 5.69 Å². The quantitative estimate of drug-likeness (QED) is 0.571. The molecule has 0 saturated heterocycles. The lowest BCUT2D eigenvalue weighted by Gasteiger charge is -2.14. The second-order valence-electron chi connectivity index (χ2n) is 6.27. The normalized spacial score (nSPS) is 11.6. The number of nitrogens with one attached hydrogen (secondary N) is 1. The van der Waals surface area contributed by atoms with Crippen LogP contribution in [0.2, 0.25) is 0 Å². The van der Waals surface area contributed by atoms with Crippen molar-refractivity contribution in [2.24, 2.45) is 0 Å². The molecular weight excluding hydrogens is 388 g/mol. The van der Waals surface area contributed by atoms with Crippen LogP contribution in [0.5, 0.6) is 5.75 Å². The summed E-state index contributed by atoms with van der Waals surface area (Å²) in [6.45, 7) is 5.84. The Hall–Kier alpha value is -3.19. The molecule has 1 atom stereocenters. The Morgan fingerprint density at radius 1 is 1.10 bits per heavy atom. The highest BCUT2D eigenvalue weighted by molar-refractivity contribution is 7.14. The summed E-state index contributed by atoms with van der Waals surface area (Å²) in [5, 5.41) is 3.49. The molecule has 0 aliphatic rings. The van der Waals surface area contributed by atoms with E-state index in [0.29, 0.717) is 22.9 Å². The van der Waals surface area contributed by atoms with Crippen LogP contribution in [0.15, 0.2) is 54.6 Å². The van der Waals surface area contributed by atoms with Gasteiger partial charge in [0.25, 0.3) is 5.91 Å². The van der Waals surface area contributed by atoms with E-state index in [2.05, 4.69) is 10.3 Å². The maximum absolute atomic E-state index is 12.7. The molecule has 3 aromatic rings. The molecule has 0 spiro atoms. The lowest BCUT2D eigenvalue weighted by Crippen LogP contribution is -2.29. The van der Waals surface area contributed by atoms with Crippen molar-refractivity contribution >= 4 is 28.9 Å². The van der Waals surface area contributed by atoms with Gasteiger partial charge in [0.05, 0.1) is 17.3 Å². The third-order valence-corrected chi connectivity index (χ3v) is 5.00. The van der Waals surface area contributed by atoms with Gasteiger partial charge in [0.15, 0.2) is 6.10 Å². The number of aromatic nitrogens is 1. The monoisotopic (exact) mass is 410 g/mol. The van der Waals surface area contributed by atoms with Crippen molar-refractivity contribution in [1.29, 1.82) is 0 Å². The fraction of sp³-hybridized carbons (Fsp3) is 0.227. The second-order valence-corrected chi connectivity index (χ2v) is 7.47. The summed E-state index contributed by atoms with van der Waals surface area (Å²) in [6, 6.07) is 16.4. The molecule has 29 heavy (non-hydrogen) atoms. The summed E-state index contributed by atoms with van der Waals surface area (Å²) < 4.78 is 10.8. The molecule has 0 fully saturated rings. The molecule has 1 aromatic heterocycles. The van der Waals surface area contributed by atoms with Crippen molar-refractivity contribution in [2.45, 2.75) is 26.9 Å². The Morgan fingerprint density at radius 3 is 2.45 bits per heavy atom. The van der Waals surface area contributed by atoms with Gasteiger partial charge < -0.3 is 14.8 Å². The lowest BCUT2D eigenvalue weighted by molar-refractivity contribution is -0.123. The molecule has 2 aromatic carbocycles. The SMILES string of the molecule is CCOc1ccc(NC(=O)[C@H](C)OC(=O)c2sc(C)nc2-c2ccccc2)cc1. The van der Waals surface area contributed by atoms with E-state index in [-0.39, 0.29) is 0 Å². The van der Waals surface area contributed by atoms with E-state index in [4.69, 9.17) is 9.47 Å². The van der Waals surface area contributed by atoms with Gasteiger partial charge in [-0.15, -0.1) is 11.3 Å². The maximum Gasteiger partial charge on any atom is 0.351 e. The third kappa shape index (κ3) is 5.20. The molecule has 150 valence electrons. The average molecular weight is 410 g/mol. The highest BCUT2D eigenvalue weighted by atomic mass is 32.1. The molecule has 0 unspecified atom stereocenters. The fourth-order valence-corrected chi connectivity index (χ4v) is 3.49. The summed E-state index contributed by atoms with van der Waals surface area (Å²) in [7, 11) is 0. The largest absolute Gasteiger partial charge is 0.494 e. The molecule has 1 heterocycles. The topological polar surface area (TPSA) is 77.5 Å². The Kier molecular flexibility index (Phi) is 6.61. The number of aryl methyl sites for hydroxylation is 1. The summed E-state index contributed by atoms with van der Waals surface area (Å²) in [5.41, 5.74) is 1.99. The molecule has 0 radical (unpaired) electrons. The number of benzene rings is 2. The summed E-state index contributed by atoms with van der Waals surface area (Å²) in [4.78, 5) is 29.9. The van der Waals surface area contributed by atoms with E-state index < -0.39 is 18.0 Å². The van der Waals surface area contributed by atoms with Crippen molar-refractivity contribution in [1.82, 2.24) is 4.98 Å². The number of carbonyl (C=O) groups is 2. The summed E-state index contributed by atoms with van der Waals surface area (Å²) >= 11 is 1.25. The van der Waals surface area contributed by atoms with Crippen LogP contribution >= 0.6 is 11.3 Å². The highest BCUT2D eigenvalue weighted by Crippen LogP contribution is 2.29. The smallest absolute Gasteiger partial charge is 0.351 e. The summed E-state index contributed by atoms with van der Waals surface area (Å²) in [6.07, 6.45) is -0.958. The molecule has 0 aliphatic carbocycles. The van der Waals surface area contributed by atoms with Crippen LogP contribution in [0.1, 0.15) is 28.5 Å². The zero-order valence-electron chi connectivity index (χ0n) is 16.5. The Balaban J connectivity index is 1.67. The molecule has 1 amide bonds. The van der Waals surface area contributed by atoms with Crippen LogP contribution < -0.4 is 10.1 Å². The minimum absolute atomic E-state index is 0.384. The number of hydrogen-bond acceptors (Lipinski definition) is 6. The Morgan fingerprint density at radius 2 is 1.79 bits per heavy atom. The highest BCUT2D eigenvalue weighted by Gasteiger charge is 2.24. The van der Waals surface area contributed by atoms with Crippen molar-refractivity contribution in [2.75, 3.05) is 11.9 Å². The van der Waals surface area contributed by atoms with Crippen molar-refractivity contribution in [3.8, 4) is 17.0 Å². The number of carbonyl (C=O) groups excluding carboxylic acids is 2. The fourth-order valence-electron chi connectivity index (χ4n) is 2.67. The number of esters is 1. The number of nitrogens with zero attached hydrogens (tertiary/aromatic N) is 1. The molecule has 1 N–H and O–H groups in total. The molecule has 0 saturated carbocycles. The predicted octanol–water partition coefficient (Wildman–Crippen LogP) is 4.70. The van der Waals surface area contributed by atoms with Gasteiger partial charge in [0, 0.05) is 11.3 Å². The number of hydrogen-bond donors (Lipinski definition) is 1. The van der Waals surface area contributed by atoms with Crippen LogP contribution in [0, 0.1) is 6.92 Å². The van der Waals surface area contributed by atoms with Gasteiger partial charge >= 0.3 is 5.97 Å². The second kappa shape index (κ2) is 9.34. The number of thiazole rings is 1. The van der Waals surface area contributed by atoms with E-state index in [1.807, 2.05) is 44.2 Å². The van der Waals surface area contributed by atoms with Crippen LogP contribution in [0.3, 0.4) is 0 Å². The molecule has 0 bridgehead atoms. The van der Waals surface area contributed by atoms with Crippen LogP contribution in [-0.2, 0) is 9.53 Å². The maximum atomic E-state index is 12.7. The first-order valence-electron chi connectivity index (χ1n) is 9.25. The van der Waals surface area contributed by atoms with E-state index in [1.165, 1.54) is 18.3 Å². The van der Waals surface area contributed by atoms with Gasteiger partial charge in [0.1, 0.15) is 10.6 Å². The van der Waals surface area contributed by atoms with Gasteiger partial charge in [-0.25, -0.2) is 9.78 Å². The minimum atomic E-state index is -0.958. The molecular formula is C22H22N2O4S. The first-order valence-corrected chi connectivity index (χ1v) is 10.1. The molecule has 3 rings (SSSR count). The first kappa shape index (κ1) is 20.5.